The van der Waals surface area contributed by atoms with Gasteiger partial charge in [0.15, 0.2) is 0 Å². The van der Waals surface area contributed by atoms with E-state index in [1.54, 1.807) is 19.1 Å². The minimum atomic E-state index is -2.83. The van der Waals surface area contributed by atoms with Gasteiger partial charge in [0, 0.05) is 11.1 Å². The van der Waals surface area contributed by atoms with Gasteiger partial charge < -0.3 is 9.84 Å². The number of aromatic amines is 1. The number of amides is 1. The highest BCUT2D eigenvalue weighted by molar-refractivity contribution is 5.94. The van der Waals surface area contributed by atoms with Crippen molar-refractivity contribution < 1.29 is 18.1 Å². The van der Waals surface area contributed by atoms with Gasteiger partial charge in [0.05, 0.1) is 6.04 Å². The quantitative estimate of drug-likeness (QED) is 0.741. The van der Waals surface area contributed by atoms with Crippen LogP contribution in [0.1, 0.15) is 41.5 Å². The first-order valence-corrected chi connectivity index (χ1v) is 6.93. The molecule has 0 spiro atoms. The van der Waals surface area contributed by atoms with E-state index in [0.29, 0.717) is 17.0 Å². The van der Waals surface area contributed by atoms with Crippen LogP contribution in [0, 0.1) is 0 Å². The lowest BCUT2D eigenvalue weighted by Crippen LogP contribution is -2.27. The van der Waals surface area contributed by atoms with Gasteiger partial charge in [-0.15, -0.1) is 0 Å². The summed E-state index contributed by atoms with van der Waals surface area (Å²) in [5, 5.41) is 12.6. The number of nitrogens with one attached hydrogen (secondary N) is 2. The van der Waals surface area contributed by atoms with E-state index < -0.39 is 12.3 Å². The van der Waals surface area contributed by atoms with Crippen molar-refractivity contribution >= 4 is 5.91 Å². The van der Waals surface area contributed by atoms with E-state index in [0.717, 1.165) is 0 Å². The van der Waals surface area contributed by atoms with E-state index in [2.05, 4.69) is 35.2 Å². The summed E-state index contributed by atoms with van der Waals surface area (Å²) in [4.78, 5) is 19.7. The summed E-state index contributed by atoms with van der Waals surface area (Å²) in [6, 6.07) is 5.83. The molecule has 10 heteroatoms. The number of hydrogen-bond acceptors (Lipinski definition) is 6. The first-order chi connectivity index (χ1) is 11.5. The molecule has 124 valence electrons. The van der Waals surface area contributed by atoms with Gasteiger partial charge >= 0.3 is 6.43 Å². The van der Waals surface area contributed by atoms with Crippen LogP contribution in [0.3, 0.4) is 0 Å². The predicted octanol–water partition coefficient (Wildman–Crippen LogP) is 2.28. The van der Waals surface area contributed by atoms with E-state index in [9.17, 15) is 13.6 Å². The highest BCUT2D eigenvalue weighted by Gasteiger charge is 2.18. The van der Waals surface area contributed by atoms with Crippen LogP contribution >= 0.6 is 0 Å². The van der Waals surface area contributed by atoms with Gasteiger partial charge in [0.25, 0.3) is 11.8 Å². The van der Waals surface area contributed by atoms with Crippen LogP contribution in [0.25, 0.3) is 11.4 Å². The summed E-state index contributed by atoms with van der Waals surface area (Å²) in [6.07, 6.45) is -1.47. The first-order valence-electron chi connectivity index (χ1n) is 6.93. The van der Waals surface area contributed by atoms with Gasteiger partial charge in [0.2, 0.25) is 5.82 Å². The maximum Gasteiger partial charge on any atom is 0.315 e. The fourth-order valence-electron chi connectivity index (χ4n) is 1.98. The van der Waals surface area contributed by atoms with Gasteiger partial charge in [-0.25, -0.2) is 4.98 Å². The normalized spacial score (nSPS) is 12.3. The van der Waals surface area contributed by atoms with Crippen LogP contribution in [0.4, 0.5) is 8.78 Å². The van der Waals surface area contributed by atoms with Gasteiger partial charge in [-0.2, -0.15) is 18.9 Å². The molecule has 1 unspecified atom stereocenters. The topological polar surface area (TPSA) is 110 Å². The van der Waals surface area contributed by atoms with E-state index in [-0.39, 0.29) is 17.8 Å². The molecule has 24 heavy (non-hydrogen) atoms. The number of nitrogens with zero attached hydrogens (tertiary/aromatic N) is 4. The zero-order valence-electron chi connectivity index (χ0n) is 12.4. The SMILES string of the molecule is CC(NC(=O)c1ccc(-c2noc(C(F)F)n2)cc1)c1ncn[nH]1. The van der Waals surface area contributed by atoms with E-state index in [1.807, 2.05) is 0 Å². The third-order valence-corrected chi connectivity index (χ3v) is 3.23. The maximum absolute atomic E-state index is 12.4. The molecule has 2 heterocycles. The van der Waals surface area contributed by atoms with Gasteiger partial charge in [-0.1, -0.05) is 17.3 Å². The average molecular weight is 334 g/mol. The van der Waals surface area contributed by atoms with Crippen LogP contribution in [0.15, 0.2) is 35.1 Å². The molecule has 1 amide bonds. The molecule has 1 atom stereocenters. The van der Waals surface area contributed by atoms with E-state index >= 15 is 0 Å². The Kier molecular flexibility index (Phi) is 4.27. The monoisotopic (exact) mass is 334 g/mol. The van der Waals surface area contributed by atoms with Crippen molar-refractivity contribution in [2.24, 2.45) is 0 Å². The Bertz CT molecular complexity index is 816. The highest BCUT2D eigenvalue weighted by atomic mass is 19.3. The second-order valence-corrected chi connectivity index (χ2v) is 4.90. The van der Waals surface area contributed by atoms with Crippen molar-refractivity contribution in [2.75, 3.05) is 0 Å². The molecule has 2 N–H and O–H groups in total. The lowest BCUT2D eigenvalue weighted by molar-refractivity contribution is 0.0938. The number of alkyl halides is 2. The van der Waals surface area contributed by atoms with Crippen LogP contribution < -0.4 is 5.32 Å². The van der Waals surface area contributed by atoms with Gasteiger partial charge in [-0.05, 0) is 19.1 Å². The van der Waals surface area contributed by atoms with E-state index in [1.165, 1.54) is 18.5 Å². The maximum atomic E-state index is 12.4. The average Bonchev–Trinajstić information content (AvgIpc) is 3.26. The van der Waals surface area contributed by atoms with Crippen molar-refractivity contribution in [3.8, 4) is 11.4 Å². The lowest BCUT2D eigenvalue weighted by atomic mass is 10.1. The zero-order valence-corrected chi connectivity index (χ0v) is 12.4. The number of aromatic nitrogens is 5. The standard InChI is InChI=1S/C14H12F2N6O2/c1-7(11-17-6-18-21-11)19-13(23)9-4-2-8(3-5-9)12-20-14(10(15)16)24-22-12/h2-7,10H,1H3,(H,19,23)(H,17,18,21). The number of H-pyrrole nitrogens is 1. The van der Waals surface area contributed by atoms with Crippen LogP contribution in [-0.2, 0) is 0 Å². The summed E-state index contributed by atoms with van der Waals surface area (Å²) in [5.41, 5.74) is 0.855. The van der Waals surface area contributed by atoms with Gasteiger partial charge in [0.1, 0.15) is 12.2 Å². The zero-order chi connectivity index (χ0) is 17.1. The summed E-state index contributed by atoms with van der Waals surface area (Å²) in [5.74, 6) is -0.488. The molecule has 3 rings (SSSR count). The molecule has 2 aromatic heterocycles. The molecule has 0 saturated carbocycles. The summed E-state index contributed by atoms with van der Waals surface area (Å²) < 4.78 is 29.3. The molecule has 0 aliphatic rings. The third-order valence-electron chi connectivity index (χ3n) is 3.23. The Labute approximate surface area is 134 Å². The van der Waals surface area contributed by atoms with Gasteiger partial charge in [-0.3, -0.25) is 9.89 Å². The molecule has 0 aliphatic carbocycles. The molecular formula is C14H12F2N6O2. The largest absolute Gasteiger partial charge is 0.342 e. The van der Waals surface area contributed by atoms with Crippen LogP contribution in [-0.4, -0.2) is 31.2 Å². The third kappa shape index (κ3) is 3.26. The minimum absolute atomic E-state index is 0.0345. The molecule has 0 aliphatic heterocycles. The molecule has 0 bridgehead atoms. The first kappa shape index (κ1) is 15.7. The lowest BCUT2D eigenvalue weighted by Gasteiger charge is -2.11. The van der Waals surface area contributed by atoms with Crippen molar-refractivity contribution in [2.45, 2.75) is 19.4 Å². The Balaban J connectivity index is 1.70. The molecule has 0 fully saturated rings. The Hall–Kier alpha value is -3.17. The summed E-state index contributed by atoms with van der Waals surface area (Å²) >= 11 is 0. The number of halogens is 2. The Morgan fingerprint density at radius 2 is 2.04 bits per heavy atom. The summed E-state index contributed by atoms with van der Waals surface area (Å²) in [6.45, 7) is 1.76. The summed E-state index contributed by atoms with van der Waals surface area (Å²) in [7, 11) is 0. The molecule has 0 radical (unpaired) electrons. The number of rotatable bonds is 5. The highest BCUT2D eigenvalue weighted by Crippen LogP contribution is 2.21. The molecule has 3 aromatic rings. The molecule has 8 nitrogen and oxygen atoms in total. The Morgan fingerprint density at radius 1 is 1.29 bits per heavy atom. The van der Waals surface area contributed by atoms with Crippen LogP contribution in [0.2, 0.25) is 0 Å². The number of carbonyl (C=O) groups is 1. The second kappa shape index (κ2) is 6.52. The number of carbonyl (C=O) groups excluding carboxylic acids is 1. The van der Waals surface area contributed by atoms with Crippen molar-refractivity contribution in [1.82, 2.24) is 30.6 Å². The van der Waals surface area contributed by atoms with Crippen molar-refractivity contribution in [1.29, 1.82) is 0 Å². The fraction of sp³-hybridized carbons (Fsp3) is 0.214. The minimum Gasteiger partial charge on any atom is -0.342 e. The number of benzene rings is 1. The molecular weight excluding hydrogens is 322 g/mol. The fourth-order valence-corrected chi connectivity index (χ4v) is 1.98. The predicted molar refractivity (Wildman–Crippen MR) is 77.0 cm³/mol. The number of hydrogen-bond donors (Lipinski definition) is 2. The molecule has 1 aromatic carbocycles. The van der Waals surface area contributed by atoms with Crippen molar-refractivity contribution in [3.63, 3.8) is 0 Å². The molecule has 0 saturated heterocycles. The smallest absolute Gasteiger partial charge is 0.315 e. The Morgan fingerprint density at radius 3 is 2.62 bits per heavy atom. The second-order valence-electron chi connectivity index (χ2n) is 4.90. The van der Waals surface area contributed by atoms with Crippen LogP contribution in [0.5, 0.6) is 0 Å². The van der Waals surface area contributed by atoms with Crippen molar-refractivity contribution in [3.05, 3.63) is 47.9 Å². The van der Waals surface area contributed by atoms with E-state index in [4.69, 9.17) is 0 Å².